The zero-order valence-corrected chi connectivity index (χ0v) is 15.5. The summed E-state index contributed by atoms with van der Waals surface area (Å²) in [5.41, 5.74) is 0.724. The van der Waals surface area contributed by atoms with Crippen LogP contribution in [-0.4, -0.2) is 32.5 Å². The minimum absolute atomic E-state index is 0.231. The Kier molecular flexibility index (Phi) is 6.20. The Bertz CT molecular complexity index is 639. The van der Waals surface area contributed by atoms with Crippen LogP contribution in [0.25, 0.3) is 11.5 Å². The molecule has 3 rings (SSSR count). The second-order valence-electron chi connectivity index (χ2n) is 5.99. The molecule has 0 radical (unpaired) electrons. The highest BCUT2D eigenvalue weighted by Crippen LogP contribution is 2.25. The van der Waals surface area contributed by atoms with Crippen LogP contribution in [0.1, 0.15) is 45.4 Å². The number of nitrogens with zero attached hydrogens (tertiary/aromatic N) is 4. The van der Waals surface area contributed by atoms with Gasteiger partial charge in [0.2, 0.25) is 5.82 Å². The summed E-state index contributed by atoms with van der Waals surface area (Å²) in [7, 11) is 0. The molecule has 0 aromatic carbocycles. The Morgan fingerprint density at radius 1 is 1.29 bits per heavy atom. The summed E-state index contributed by atoms with van der Waals surface area (Å²) in [4.78, 5) is 8.91. The SMILES string of the molecule is CCCCOCn1nc(-c2ccc(Br)cn2)nc1OC1CCCC1. The van der Waals surface area contributed by atoms with E-state index in [1.54, 1.807) is 10.9 Å². The van der Waals surface area contributed by atoms with Crippen LogP contribution >= 0.6 is 15.9 Å². The lowest BCUT2D eigenvalue weighted by molar-refractivity contribution is 0.0541. The molecule has 1 saturated carbocycles. The van der Waals surface area contributed by atoms with Crippen molar-refractivity contribution in [3.8, 4) is 17.5 Å². The maximum Gasteiger partial charge on any atom is 0.317 e. The van der Waals surface area contributed by atoms with Gasteiger partial charge in [0.25, 0.3) is 0 Å². The number of unbranched alkanes of at least 4 members (excludes halogenated alkanes) is 1. The van der Waals surface area contributed by atoms with Gasteiger partial charge >= 0.3 is 6.01 Å². The van der Waals surface area contributed by atoms with Gasteiger partial charge in [0.05, 0.1) is 0 Å². The first-order chi connectivity index (χ1) is 11.8. The third-order valence-corrected chi connectivity index (χ3v) is 4.49. The normalized spacial score (nSPS) is 15.1. The summed E-state index contributed by atoms with van der Waals surface area (Å²) in [5.74, 6) is 0.564. The predicted molar refractivity (Wildman–Crippen MR) is 94.7 cm³/mol. The maximum atomic E-state index is 6.06. The molecule has 130 valence electrons. The molecule has 2 aromatic rings. The zero-order chi connectivity index (χ0) is 16.8. The van der Waals surface area contributed by atoms with Gasteiger partial charge in [0, 0.05) is 17.3 Å². The van der Waals surface area contributed by atoms with Gasteiger partial charge in [0.15, 0.2) is 0 Å². The van der Waals surface area contributed by atoms with Crippen LogP contribution in [0.3, 0.4) is 0 Å². The fourth-order valence-corrected chi connectivity index (χ4v) is 2.90. The standard InChI is InChI=1S/C17H23BrN4O2/c1-2-3-10-23-12-22-17(24-14-6-4-5-7-14)20-16(21-22)15-9-8-13(18)11-19-15/h8-9,11,14H,2-7,10,12H2,1H3. The summed E-state index contributed by atoms with van der Waals surface area (Å²) >= 11 is 3.39. The van der Waals surface area contributed by atoms with Crippen LogP contribution in [0.4, 0.5) is 0 Å². The molecule has 1 fully saturated rings. The van der Waals surface area contributed by atoms with Crippen LogP contribution in [0.15, 0.2) is 22.8 Å². The fraction of sp³-hybridized carbons (Fsp3) is 0.588. The first-order valence-corrected chi connectivity index (χ1v) is 9.36. The highest BCUT2D eigenvalue weighted by Gasteiger charge is 2.21. The molecule has 0 unspecified atom stereocenters. The Hall–Kier alpha value is -1.47. The average Bonchev–Trinajstić information content (AvgIpc) is 3.23. The second-order valence-corrected chi connectivity index (χ2v) is 6.91. The molecule has 2 aromatic heterocycles. The smallest absolute Gasteiger partial charge is 0.317 e. The van der Waals surface area contributed by atoms with Crippen molar-refractivity contribution in [1.82, 2.24) is 19.7 Å². The molecule has 0 atom stereocenters. The molecule has 1 aliphatic rings. The largest absolute Gasteiger partial charge is 0.460 e. The van der Waals surface area contributed by atoms with Crippen molar-refractivity contribution >= 4 is 15.9 Å². The number of ether oxygens (including phenoxy) is 2. The van der Waals surface area contributed by atoms with Crippen molar-refractivity contribution in [1.29, 1.82) is 0 Å². The van der Waals surface area contributed by atoms with Crippen LogP contribution in [-0.2, 0) is 11.5 Å². The van der Waals surface area contributed by atoms with Crippen LogP contribution in [0, 0.1) is 0 Å². The number of hydrogen-bond acceptors (Lipinski definition) is 5. The van der Waals surface area contributed by atoms with E-state index < -0.39 is 0 Å². The molecular weight excluding hydrogens is 372 g/mol. The van der Waals surface area contributed by atoms with Gasteiger partial charge in [-0.3, -0.25) is 4.98 Å². The van der Waals surface area contributed by atoms with Gasteiger partial charge in [-0.25, -0.2) is 0 Å². The minimum Gasteiger partial charge on any atom is -0.460 e. The fourth-order valence-electron chi connectivity index (χ4n) is 2.67. The number of rotatable bonds is 8. The van der Waals surface area contributed by atoms with E-state index in [1.807, 2.05) is 12.1 Å². The lowest BCUT2D eigenvalue weighted by Gasteiger charge is -2.12. The first-order valence-electron chi connectivity index (χ1n) is 8.57. The van der Waals surface area contributed by atoms with Gasteiger partial charge in [-0.2, -0.15) is 9.67 Å². The first kappa shape index (κ1) is 17.4. The van der Waals surface area contributed by atoms with Gasteiger partial charge in [-0.15, -0.1) is 5.10 Å². The molecule has 6 nitrogen and oxygen atoms in total. The van der Waals surface area contributed by atoms with Crippen molar-refractivity contribution in [3.05, 3.63) is 22.8 Å². The molecule has 0 amide bonds. The molecule has 0 bridgehead atoms. The number of hydrogen-bond donors (Lipinski definition) is 0. The van der Waals surface area contributed by atoms with Crippen molar-refractivity contribution in [2.45, 2.75) is 58.3 Å². The van der Waals surface area contributed by atoms with Crippen molar-refractivity contribution in [2.24, 2.45) is 0 Å². The van der Waals surface area contributed by atoms with E-state index in [0.717, 1.165) is 35.8 Å². The third-order valence-electron chi connectivity index (χ3n) is 4.02. The predicted octanol–water partition coefficient (Wildman–Crippen LogP) is 4.20. The summed E-state index contributed by atoms with van der Waals surface area (Å²) in [6.45, 7) is 3.21. The third kappa shape index (κ3) is 4.54. The number of pyridine rings is 1. The van der Waals surface area contributed by atoms with Crippen LogP contribution in [0.5, 0.6) is 6.01 Å². The monoisotopic (exact) mass is 394 g/mol. The van der Waals surface area contributed by atoms with E-state index in [9.17, 15) is 0 Å². The van der Waals surface area contributed by atoms with E-state index in [2.05, 4.69) is 37.9 Å². The molecule has 0 spiro atoms. The van der Waals surface area contributed by atoms with E-state index in [-0.39, 0.29) is 6.10 Å². The van der Waals surface area contributed by atoms with E-state index in [1.165, 1.54) is 12.8 Å². The second kappa shape index (κ2) is 8.58. The molecule has 0 saturated heterocycles. The summed E-state index contributed by atoms with van der Waals surface area (Å²) in [5, 5.41) is 4.53. The van der Waals surface area contributed by atoms with E-state index in [0.29, 0.717) is 25.2 Å². The highest BCUT2D eigenvalue weighted by molar-refractivity contribution is 9.10. The Morgan fingerprint density at radius 2 is 2.12 bits per heavy atom. The van der Waals surface area contributed by atoms with Crippen LogP contribution < -0.4 is 4.74 Å². The molecule has 2 heterocycles. The number of aromatic nitrogens is 4. The molecule has 1 aliphatic carbocycles. The lowest BCUT2D eigenvalue weighted by atomic mass is 10.3. The van der Waals surface area contributed by atoms with Crippen molar-refractivity contribution in [2.75, 3.05) is 6.61 Å². The van der Waals surface area contributed by atoms with Gasteiger partial charge in [0.1, 0.15) is 18.5 Å². The van der Waals surface area contributed by atoms with E-state index in [4.69, 9.17) is 9.47 Å². The Morgan fingerprint density at radius 3 is 2.83 bits per heavy atom. The summed E-state index contributed by atoms with van der Waals surface area (Å²) in [6.07, 6.45) is 8.70. The van der Waals surface area contributed by atoms with Crippen molar-refractivity contribution < 1.29 is 9.47 Å². The molecule has 0 N–H and O–H groups in total. The van der Waals surface area contributed by atoms with Gasteiger partial charge in [-0.05, 0) is 60.2 Å². The average molecular weight is 395 g/mol. The summed E-state index contributed by atoms with van der Waals surface area (Å²) < 4.78 is 14.4. The lowest BCUT2D eigenvalue weighted by Crippen LogP contribution is -2.16. The van der Waals surface area contributed by atoms with Gasteiger partial charge in [-0.1, -0.05) is 13.3 Å². The topological polar surface area (TPSA) is 62.1 Å². The zero-order valence-electron chi connectivity index (χ0n) is 13.9. The van der Waals surface area contributed by atoms with Crippen molar-refractivity contribution in [3.63, 3.8) is 0 Å². The Balaban J connectivity index is 1.76. The van der Waals surface area contributed by atoms with E-state index >= 15 is 0 Å². The van der Waals surface area contributed by atoms with Gasteiger partial charge < -0.3 is 9.47 Å². The molecule has 0 aliphatic heterocycles. The quantitative estimate of drug-likeness (QED) is 0.627. The highest BCUT2D eigenvalue weighted by atomic mass is 79.9. The molecule has 24 heavy (non-hydrogen) atoms. The Labute approximate surface area is 150 Å². The maximum absolute atomic E-state index is 6.06. The van der Waals surface area contributed by atoms with Crippen LogP contribution in [0.2, 0.25) is 0 Å². The number of halogens is 1. The summed E-state index contributed by atoms with van der Waals surface area (Å²) in [6, 6.07) is 4.34. The molecular formula is C17H23BrN4O2. The molecule has 7 heteroatoms. The minimum atomic E-state index is 0.231.